The van der Waals surface area contributed by atoms with Gasteiger partial charge in [-0.25, -0.2) is 0 Å². The maximum Gasteiger partial charge on any atom is 0.0338 e. The molecule has 2 rings (SSSR count). The standard InChI is InChI=1S/C12H20N2/c1-9(2)7-14-6-5-11(8-14)12(13)10-3-4-10/h5-6,8-10,12H,3-4,7,13H2,1-2H3. The number of nitrogens with two attached hydrogens (primary N) is 1. The molecule has 0 saturated heterocycles. The molecular weight excluding hydrogens is 172 g/mol. The molecule has 1 aromatic heterocycles. The molecule has 1 fully saturated rings. The molecule has 2 heteroatoms. The molecule has 78 valence electrons. The molecular formula is C12H20N2. The molecule has 0 amide bonds. The van der Waals surface area contributed by atoms with Crippen molar-refractivity contribution in [1.29, 1.82) is 0 Å². The monoisotopic (exact) mass is 192 g/mol. The van der Waals surface area contributed by atoms with Crippen LogP contribution in [-0.2, 0) is 6.54 Å². The van der Waals surface area contributed by atoms with Crippen molar-refractivity contribution in [2.24, 2.45) is 17.6 Å². The molecule has 0 bridgehead atoms. The lowest BCUT2D eigenvalue weighted by Gasteiger charge is -2.08. The zero-order valence-corrected chi connectivity index (χ0v) is 9.11. The molecule has 2 nitrogen and oxygen atoms in total. The van der Waals surface area contributed by atoms with Crippen LogP contribution in [0, 0.1) is 11.8 Å². The maximum absolute atomic E-state index is 6.13. The Morgan fingerprint density at radius 1 is 1.50 bits per heavy atom. The van der Waals surface area contributed by atoms with Gasteiger partial charge in [0.2, 0.25) is 0 Å². The smallest absolute Gasteiger partial charge is 0.0338 e. The van der Waals surface area contributed by atoms with E-state index in [4.69, 9.17) is 5.73 Å². The Morgan fingerprint density at radius 2 is 2.21 bits per heavy atom. The lowest BCUT2D eigenvalue weighted by atomic mass is 10.1. The van der Waals surface area contributed by atoms with Crippen molar-refractivity contribution in [3.63, 3.8) is 0 Å². The third-order valence-corrected chi connectivity index (χ3v) is 2.86. The molecule has 1 aliphatic rings. The summed E-state index contributed by atoms with van der Waals surface area (Å²) < 4.78 is 2.25. The van der Waals surface area contributed by atoms with Gasteiger partial charge in [0, 0.05) is 25.0 Å². The van der Waals surface area contributed by atoms with Crippen molar-refractivity contribution in [2.75, 3.05) is 0 Å². The van der Waals surface area contributed by atoms with Gasteiger partial charge in [0.05, 0.1) is 0 Å². The quantitative estimate of drug-likeness (QED) is 0.781. The van der Waals surface area contributed by atoms with E-state index in [0.29, 0.717) is 5.92 Å². The van der Waals surface area contributed by atoms with Gasteiger partial charge in [0.25, 0.3) is 0 Å². The Bertz CT molecular complexity index is 297. The molecule has 14 heavy (non-hydrogen) atoms. The highest BCUT2D eigenvalue weighted by atomic mass is 14.9. The van der Waals surface area contributed by atoms with Gasteiger partial charge in [-0.15, -0.1) is 0 Å². The predicted octanol–water partition coefficient (Wildman–Crippen LogP) is 2.55. The summed E-state index contributed by atoms with van der Waals surface area (Å²) >= 11 is 0. The summed E-state index contributed by atoms with van der Waals surface area (Å²) in [4.78, 5) is 0. The molecule has 0 aromatic carbocycles. The Balaban J connectivity index is 2.01. The van der Waals surface area contributed by atoms with Crippen molar-refractivity contribution in [3.05, 3.63) is 24.0 Å². The van der Waals surface area contributed by atoms with E-state index in [1.807, 2.05) is 0 Å². The average molecular weight is 192 g/mol. The summed E-state index contributed by atoms with van der Waals surface area (Å²) in [5.74, 6) is 1.46. The topological polar surface area (TPSA) is 30.9 Å². The Morgan fingerprint density at radius 3 is 2.79 bits per heavy atom. The molecule has 0 spiro atoms. The van der Waals surface area contributed by atoms with Gasteiger partial charge >= 0.3 is 0 Å². The van der Waals surface area contributed by atoms with Gasteiger partial charge in [-0.2, -0.15) is 0 Å². The normalized spacial score (nSPS) is 18.9. The summed E-state index contributed by atoms with van der Waals surface area (Å²) in [5.41, 5.74) is 7.44. The second-order valence-electron chi connectivity index (χ2n) is 4.90. The van der Waals surface area contributed by atoms with Crippen molar-refractivity contribution in [3.8, 4) is 0 Å². The van der Waals surface area contributed by atoms with Crippen LogP contribution in [-0.4, -0.2) is 4.57 Å². The van der Waals surface area contributed by atoms with E-state index in [-0.39, 0.29) is 6.04 Å². The van der Waals surface area contributed by atoms with Crippen molar-refractivity contribution < 1.29 is 0 Å². The van der Waals surface area contributed by atoms with Crippen LogP contribution >= 0.6 is 0 Å². The summed E-state index contributed by atoms with van der Waals surface area (Å²) in [6, 6.07) is 2.45. The maximum atomic E-state index is 6.13. The zero-order valence-electron chi connectivity index (χ0n) is 9.11. The van der Waals surface area contributed by atoms with E-state index < -0.39 is 0 Å². The third kappa shape index (κ3) is 2.18. The van der Waals surface area contributed by atoms with Crippen LogP contribution in [0.15, 0.2) is 18.5 Å². The Kier molecular flexibility index (Phi) is 2.64. The van der Waals surface area contributed by atoms with Crippen molar-refractivity contribution in [2.45, 2.75) is 39.3 Å². The fourth-order valence-electron chi connectivity index (χ4n) is 1.92. The lowest BCUT2D eigenvalue weighted by Crippen LogP contribution is -2.11. The second kappa shape index (κ2) is 3.77. The molecule has 1 aliphatic carbocycles. The molecule has 1 heterocycles. The number of rotatable bonds is 4. The van der Waals surface area contributed by atoms with Gasteiger partial charge in [-0.05, 0) is 36.3 Å². The van der Waals surface area contributed by atoms with Crippen LogP contribution in [0.5, 0.6) is 0 Å². The van der Waals surface area contributed by atoms with Crippen LogP contribution in [0.3, 0.4) is 0 Å². The predicted molar refractivity (Wildman–Crippen MR) is 58.9 cm³/mol. The zero-order chi connectivity index (χ0) is 10.1. The molecule has 0 radical (unpaired) electrons. The van der Waals surface area contributed by atoms with Gasteiger partial charge in [0.1, 0.15) is 0 Å². The molecule has 2 N–H and O–H groups in total. The molecule has 1 aromatic rings. The number of nitrogens with zero attached hydrogens (tertiary/aromatic N) is 1. The van der Waals surface area contributed by atoms with Crippen LogP contribution in [0.25, 0.3) is 0 Å². The first-order chi connectivity index (χ1) is 6.66. The Labute approximate surface area is 86.1 Å². The van der Waals surface area contributed by atoms with Crippen LogP contribution in [0.4, 0.5) is 0 Å². The third-order valence-electron chi connectivity index (χ3n) is 2.86. The minimum Gasteiger partial charge on any atom is -0.354 e. The van der Waals surface area contributed by atoms with E-state index in [9.17, 15) is 0 Å². The highest BCUT2D eigenvalue weighted by Crippen LogP contribution is 2.39. The molecule has 0 aliphatic heterocycles. The van der Waals surface area contributed by atoms with E-state index in [2.05, 4.69) is 36.9 Å². The van der Waals surface area contributed by atoms with E-state index in [0.717, 1.165) is 12.5 Å². The Hall–Kier alpha value is -0.760. The largest absolute Gasteiger partial charge is 0.354 e. The average Bonchev–Trinajstić information content (AvgIpc) is 2.86. The number of hydrogen-bond donors (Lipinski definition) is 1. The molecule has 1 unspecified atom stereocenters. The summed E-state index contributed by atoms with van der Waals surface area (Å²) in [7, 11) is 0. The fourth-order valence-corrected chi connectivity index (χ4v) is 1.92. The minimum atomic E-state index is 0.281. The van der Waals surface area contributed by atoms with Gasteiger partial charge < -0.3 is 10.3 Å². The fraction of sp³-hybridized carbons (Fsp3) is 0.667. The molecule has 1 atom stereocenters. The van der Waals surface area contributed by atoms with Crippen LogP contribution < -0.4 is 5.73 Å². The number of aromatic nitrogens is 1. The SMILES string of the molecule is CC(C)Cn1ccc(C(N)C2CC2)c1. The summed E-state index contributed by atoms with van der Waals surface area (Å²) in [5, 5.41) is 0. The summed E-state index contributed by atoms with van der Waals surface area (Å²) in [6.07, 6.45) is 6.99. The van der Waals surface area contributed by atoms with E-state index >= 15 is 0 Å². The highest BCUT2D eigenvalue weighted by molar-refractivity contribution is 5.17. The summed E-state index contributed by atoms with van der Waals surface area (Å²) in [6.45, 7) is 5.57. The first-order valence-electron chi connectivity index (χ1n) is 5.58. The van der Waals surface area contributed by atoms with E-state index in [1.165, 1.54) is 18.4 Å². The first-order valence-corrected chi connectivity index (χ1v) is 5.58. The van der Waals surface area contributed by atoms with Crippen molar-refractivity contribution in [1.82, 2.24) is 4.57 Å². The minimum absolute atomic E-state index is 0.281. The van der Waals surface area contributed by atoms with Gasteiger partial charge in [-0.3, -0.25) is 0 Å². The van der Waals surface area contributed by atoms with Crippen LogP contribution in [0.2, 0.25) is 0 Å². The van der Waals surface area contributed by atoms with E-state index in [1.54, 1.807) is 0 Å². The van der Waals surface area contributed by atoms with Gasteiger partial charge in [0.15, 0.2) is 0 Å². The second-order valence-corrected chi connectivity index (χ2v) is 4.90. The lowest BCUT2D eigenvalue weighted by molar-refractivity contribution is 0.522. The van der Waals surface area contributed by atoms with Gasteiger partial charge in [-0.1, -0.05) is 13.8 Å². The number of hydrogen-bond acceptors (Lipinski definition) is 1. The van der Waals surface area contributed by atoms with Crippen molar-refractivity contribution >= 4 is 0 Å². The highest BCUT2D eigenvalue weighted by Gasteiger charge is 2.29. The first kappa shape index (κ1) is 9.78. The molecule has 1 saturated carbocycles. The van der Waals surface area contributed by atoms with Crippen LogP contribution in [0.1, 0.15) is 38.3 Å².